The van der Waals surface area contributed by atoms with Crippen molar-refractivity contribution in [2.75, 3.05) is 6.61 Å². The highest BCUT2D eigenvalue weighted by Crippen LogP contribution is 2.15. The second-order valence-electron chi connectivity index (χ2n) is 4.26. The first-order valence-electron chi connectivity index (χ1n) is 5.81. The minimum absolute atomic E-state index is 0.0498. The molecule has 0 aromatic heterocycles. The Bertz CT molecular complexity index is 477. The zero-order valence-electron chi connectivity index (χ0n) is 10.8. The van der Waals surface area contributed by atoms with E-state index in [4.69, 9.17) is 9.84 Å². The number of carbonyl (C=O) groups is 2. The van der Waals surface area contributed by atoms with Gasteiger partial charge in [0.15, 0.2) is 18.2 Å². The van der Waals surface area contributed by atoms with E-state index in [1.165, 1.54) is 25.1 Å². The lowest BCUT2D eigenvalue weighted by Gasteiger charge is -2.24. The number of nitrogens with one attached hydrogen (secondary N) is 1. The van der Waals surface area contributed by atoms with Crippen LogP contribution in [0.1, 0.15) is 20.3 Å². The van der Waals surface area contributed by atoms with E-state index in [1.807, 2.05) is 0 Å². The Kier molecular flexibility index (Phi) is 4.86. The first-order valence-corrected chi connectivity index (χ1v) is 5.81. The second-order valence-corrected chi connectivity index (χ2v) is 4.26. The SMILES string of the molecule is CCC(C)(NC(=O)COc1ccccc1F)C(=O)O. The monoisotopic (exact) mass is 269 g/mol. The van der Waals surface area contributed by atoms with Crippen LogP contribution in [0.25, 0.3) is 0 Å². The predicted molar refractivity (Wildman–Crippen MR) is 66.4 cm³/mol. The number of hydrogen-bond acceptors (Lipinski definition) is 3. The topological polar surface area (TPSA) is 75.6 Å². The van der Waals surface area contributed by atoms with Crippen LogP contribution in [0.2, 0.25) is 0 Å². The van der Waals surface area contributed by atoms with Crippen LogP contribution in [0.5, 0.6) is 5.75 Å². The molecule has 0 bridgehead atoms. The lowest BCUT2D eigenvalue weighted by Crippen LogP contribution is -2.53. The first-order chi connectivity index (χ1) is 8.89. The molecule has 0 aliphatic rings. The molecule has 1 aromatic rings. The van der Waals surface area contributed by atoms with Crippen LogP contribution >= 0.6 is 0 Å². The molecule has 1 rings (SSSR count). The van der Waals surface area contributed by atoms with Gasteiger partial charge in [-0.05, 0) is 25.5 Å². The van der Waals surface area contributed by atoms with Crippen molar-refractivity contribution in [3.05, 3.63) is 30.1 Å². The number of benzene rings is 1. The van der Waals surface area contributed by atoms with Crippen LogP contribution < -0.4 is 10.1 Å². The van der Waals surface area contributed by atoms with Gasteiger partial charge in [0, 0.05) is 0 Å². The third kappa shape index (κ3) is 3.94. The quantitative estimate of drug-likeness (QED) is 0.822. The van der Waals surface area contributed by atoms with Crippen molar-refractivity contribution in [2.24, 2.45) is 0 Å². The molecule has 1 atom stereocenters. The summed E-state index contributed by atoms with van der Waals surface area (Å²) < 4.78 is 18.2. The Balaban J connectivity index is 2.57. The molecule has 1 unspecified atom stereocenters. The largest absolute Gasteiger partial charge is 0.481 e. The van der Waals surface area contributed by atoms with Crippen LogP contribution in [0.15, 0.2) is 24.3 Å². The zero-order valence-corrected chi connectivity index (χ0v) is 10.8. The maximum Gasteiger partial charge on any atom is 0.329 e. The molecule has 5 nitrogen and oxygen atoms in total. The number of para-hydroxylation sites is 1. The second kappa shape index (κ2) is 6.17. The van der Waals surface area contributed by atoms with Gasteiger partial charge >= 0.3 is 5.97 Å². The summed E-state index contributed by atoms with van der Waals surface area (Å²) in [5.41, 5.74) is -1.35. The fraction of sp³-hybridized carbons (Fsp3) is 0.385. The van der Waals surface area contributed by atoms with Gasteiger partial charge < -0.3 is 15.2 Å². The number of hydrogen-bond donors (Lipinski definition) is 2. The minimum atomic E-state index is -1.35. The van der Waals surface area contributed by atoms with Crippen LogP contribution in [0, 0.1) is 5.82 Å². The standard InChI is InChI=1S/C13H16FNO4/c1-3-13(2,12(17)18)15-11(16)8-19-10-7-5-4-6-9(10)14/h4-7H,3,8H2,1-2H3,(H,15,16)(H,17,18). The van der Waals surface area contributed by atoms with E-state index in [-0.39, 0.29) is 12.2 Å². The molecule has 0 heterocycles. The highest BCUT2D eigenvalue weighted by molar-refractivity contribution is 5.87. The molecule has 104 valence electrons. The normalized spacial score (nSPS) is 13.4. The Labute approximate surface area is 110 Å². The molecule has 0 aliphatic carbocycles. The molecule has 0 spiro atoms. The van der Waals surface area contributed by atoms with Crippen molar-refractivity contribution >= 4 is 11.9 Å². The Morgan fingerprint density at radius 1 is 1.42 bits per heavy atom. The average molecular weight is 269 g/mol. The van der Waals surface area contributed by atoms with Crippen molar-refractivity contribution in [1.29, 1.82) is 0 Å². The van der Waals surface area contributed by atoms with E-state index in [2.05, 4.69) is 5.32 Å². The van der Waals surface area contributed by atoms with Crippen LogP contribution in [-0.4, -0.2) is 29.1 Å². The van der Waals surface area contributed by atoms with E-state index in [0.717, 1.165) is 0 Å². The van der Waals surface area contributed by atoms with E-state index in [0.29, 0.717) is 0 Å². The van der Waals surface area contributed by atoms with E-state index in [1.54, 1.807) is 13.0 Å². The van der Waals surface area contributed by atoms with Gasteiger partial charge in [0.25, 0.3) is 5.91 Å². The molecular weight excluding hydrogens is 253 g/mol. The highest BCUT2D eigenvalue weighted by Gasteiger charge is 2.32. The Morgan fingerprint density at radius 2 is 2.05 bits per heavy atom. The van der Waals surface area contributed by atoms with Gasteiger partial charge in [-0.15, -0.1) is 0 Å². The van der Waals surface area contributed by atoms with Crippen LogP contribution in [-0.2, 0) is 9.59 Å². The fourth-order valence-electron chi connectivity index (χ4n) is 1.34. The zero-order chi connectivity index (χ0) is 14.5. The molecule has 0 saturated carbocycles. The number of rotatable bonds is 6. The van der Waals surface area contributed by atoms with Crippen molar-refractivity contribution in [3.8, 4) is 5.75 Å². The molecule has 1 aromatic carbocycles. The van der Waals surface area contributed by atoms with Crippen molar-refractivity contribution in [2.45, 2.75) is 25.8 Å². The highest BCUT2D eigenvalue weighted by atomic mass is 19.1. The summed E-state index contributed by atoms with van der Waals surface area (Å²) in [6, 6.07) is 5.67. The number of aliphatic carboxylic acids is 1. The number of carboxylic acid groups (broad SMARTS) is 1. The Morgan fingerprint density at radius 3 is 2.58 bits per heavy atom. The Hall–Kier alpha value is -2.11. The lowest BCUT2D eigenvalue weighted by molar-refractivity contribution is -0.147. The smallest absolute Gasteiger partial charge is 0.329 e. The van der Waals surface area contributed by atoms with Gasteiger partial charge in [0.1, 0.15) is 5.54 Å². The molecule has 0 fully saturated rings. The summed E-state index contributed by atoms with van der Waals surface area (Å²) in [5, 5.41) is 11.3. The van der Waals surface area contributed by atoms with E-state index in [9.17, 15) is 14.0 Å². The van der Waals surface area contributed by atoms with E-state index < -0.39 is 29.8 Å². The number of ether oxygens (including phenoxy) is 1. The lowest BCUT2D eigenvalue weighted by atomic mass is 9.99. The van der Waals surface area contributed by atoms with Crippen molar-refractivity contribution in [1.82, 2.24) is 5.32 Å². The summed E-state index contributed by atoms with van der Waals surface area (Å²) in [4.78, 5) is 22.6. The summed E-state index contributed by atoms with van der Waals surface area (Å²) in [6.07, 6.45) is 0.230. The van der Waals surface area contributed by atoms with E-state index >= 15 is 0 Å². The number of halogens is 1. The molecule has 1 amide bonds. The maximum atomic E-state index is 13.2. The van der Waals surface area contributed by atoms with Gasteiger partial charge in [-0.25, -0.2) is 9.18 Å². The minimum Gasteiger partial charge on any atom is -0.481 e. The molecule has 0 aliphatic heterocycles. The number of amides is 1. The average Bonchev–Trinajstić information content (AvgIpc) is 2.37. The molecule has 0 radical (unpaired) electrons. The maximum absolute atomic E-state index is 13.2. The van der Waals surface area contributed by atoms with Crippen molar-refractivity contribution < 1.29 is 23.8 Å². The molecule has 0 saturated heterocycles. The van der Waals surface area contributed by atoms with Crippen LogP contribution in [0.4, 0.5) is 4.39 Å². The summed E-state index contributed by atoms with van der Waals surface area (Å²) in [7, 11) is 0. The van der Waals surface area contributed by atoms with Gasteiger partial charge in [0.05, 0.1) is 0 Å². The summed E-state index contributed by atoms with van der Waals surface area (Å²) in [5.74, 6) is -2.37. The predicted octanol–water partition coefficient (Wildman–Crippen LogP) is 1.57. The van der Waals surface area contributed by atoms with Gasteiger partial charge in [-0.2, -0.15) is 0 Å². The van der Waals surface area contributed by atoms with Crippen LogP contribution in [0.3, 0.4) is 0 Å². The summed E-state index contributed by atoms with van der Waals surface area (Å²) >= 11 is 0. The third-order valence-corrected chi connectivity index (χ3v) is 2.79. The summed E-state index contributed by atoms with van der Waals surface area (Å²) in [6.45, 7) is 2.60. The number of carbonyl (C=O) groups excluding carboxylic acids is 1. The molecular formula is C13H16FNO4. The first kappa shape index (κ1) is 14.9. The molecule has 2 N–H and O–H groups in total. The third-order valence-electron chi connectivity index (χ3n) is 2.79. The van der Waals surface area contributed by atoms with Gasteiger partial charge in [0.2, 0.25) is 0 Å². The molecule has 6 heteroatoms. The van der Waals surface area contributed by atoms with Gasteiger partial charge in [-0.3, -0.25) is 4.79 Å². The molecule has 19 heavy (non-hydrogen) atoms. The van der Waals surface area contributed by atoms with Crippen molar-refractivity contribution in [3.63, 3.8) is 0 Å². The fourth-order valence-corrected chi connectivity index (χ4v) is 1.34. The number of carboxylic acids is 1. The van der Waals surface area contributed by atoms with Gasteiger partial charge in [-0.1, -0.05) is 19.1 Å².